The number of hydrogen-bond acceptors (Lipinski definition) is 5. The highest BCUT2D eigenvalue weighted by Crippen LogP contribution is 2.31. The van der Waals surface area contributed by atoms with Crippen molar-refractivity contribution in [3.05, 3.63) is 66.4 Å². The number of halogens is 3. The summed E-state index contributed by atoms with van der Waals surface area (Å²) in [5.41, 5.74) is 2.04. The first-order chi connectivity index (χ1) is 17.3. The number of carbonyl (C=O) groups excluding carboxylic acids is 1. The molecular formula is C26H27F3N4O3. The second-order valence-electron chi connectivity index (χ2n) is 9.35. The van der Waals surface area contributed by atoms with Crippen molar-refractivity contribution >= 4 is 6.03 Å². The van der Waals surface area contributed by atoms with Gasteiger partial charge in [-0.25, -0.2) is 4.79 Å². The van der Waals surface area contributed by atoms with Crippen LogP contribution in [0.15, 0.2) is 60.8 Å². The molecule has 0 spiro atoms. The maximum Gasteiger partial charge on any atom is 0.573 e. The Labute approximate surface area is 206 Å². The lowest BCUT2D eigenvalue weighted by Crippen LogP contribution is -2.52. The van der Waals surface area contributed by atoms with E-state index in [-0.39, 0.29) is 23.9 Å². The lowest BCUT2D eigenvalue weighted by Gasteiger charge is -2.39. The zero-order valence-electron chi connectivity index (χ0n) is 19.6. The van der Waals surface area contributed by atoms with Crippen molar-refractivity contribution in [3.63, 3.8) is 0 Å². The quantitative estimate of drug-likeness (QED) is 0.440. The number of aromatic nitrogens is 3. The highest BCUT2D eigenvalue weighted by Gasteiger charge is 2.35. The van der Waals surface area contributed by atoms with E-state index >= 15 is 0 Å². The van der Waals surface area contributed by atoms with E-state index in [4.69, 9.17) is 4.74 Å². The first-order valence-corrected chi connectivity index (χ1v) is 12.1. The molecule has 190 valence electrons. The van der Waals surface area contributed by atoms with Gasteiger partial charge in [-0.3, -0.25) is 0 Å². The number of carbonyl (C=O) groups is 1. The molecule has 2 aromatic carbocycles. The summed E-state index contributed by atoms with van der Waals surface area (Å²) in [7, 11) is 0. The summed E-state index contributed by atoms with van der Waals surface area (Å²) < 4.78 is 47.3. The van der Waals surface area contributed by atoms with Gasteiger partial charge in [0.1, 0.15) is 11.4 Å². The Bertz CT molecular complexity index is 1160. The molecule has 2 fully saturated rings. The topological polar surface area (TPSA) is 69.5 Å². The number of piperidine rings is 1. The highest BCUT2D eigenvalue weighted by atomic mass is 19.4. The fourth-order valence-corrected chi connectivity index (χ4v) is 4.45. The van der Waals surface area contributed by atoms with Crippen LogP contribution in [0.4, 0.5) is 18.0 Å². The van der Waals surface area contributed by atoms with Gasteiger partial charge in [0, 0.05) is 24.8 Å². The fourth-order valence-electron chi connectivity index (χ4n) is 4.45. The molecule has 2 atom stereocenters. The highest BCUT2D eigenvalue weighted by molar-refractivity contribution is 5.76. The number of ether oxygens (including phenoxy) is 2. The molecule has 0 unspecified atom stereocenters. The van der Waals surface area contributed by atoms with Gasteiger partial charge in [0.15, 0.2) is 0 Å². The van der Waals surface area contributed by atoms with Gasteiger partial charge in [-0.1, -0.05) is 35.1 Å². The van der Waals surface area contributed by atoms with Crippen LogP contribution < -0.4 is 4.74 Å². The number of rotatable bonds is 7. The Hall–Kier alpha value is -3.40. The van der Waals surface area contributed by atoms with Crippen molar-refractivity contribution < 1.29 is 27.4 Å². The summed E-state index contributed by atoms with van der Waals surface area (Å²) in [5.74, 6) is 0.309. The van der Waals surface area contributed by atoms with Crippen molar-refractivity contribution in [1.29, 1.82) is 0 Å². The van der Waals surface area contributed by atoms with Gasteiger partial charge < -0.3 is 14.4 Å². The van der Waals surface area contributed by atoms with Crippen LogP contribution in [0.1, 0.15) is 31.2 Å². The standard InChI is InChI=1S/C26H27F3N4O3/c27-26(28,29)36-22-11-8-20(9-12-22)24-15-30-33(31-24)25(34)32-16-23(35-17-19-6-7-19)13-10-21(32)14-18-4-2-1-3-5-18/h1-5,8-9,11-12,15,19,21,23H,6-7,10,13-14,16-17H2/t21-,23+/m1/s1. The van der Waals surface area contributed by atoms with E-state index in [0.29, 0.717) is 23.7 Å². The maximum atomic E-state index is 13.5. The minimum absolute atomic E-state index is 0.0195. The predicted molar refractivity (Wildman–Crippen MR) is 125 cm³/mol. The second-order valence-corrected chi connectivity index (χ2v) is 9.35. The Morgan fingerprint density at radius 1 is 1.00 bits per heavy atom. The van der Waals surface area contributed by atoms with Gasteiger partial charge in [0.25, 0.3) is 0 Å². The van der Waals surface area contributed by atoms with Crippen molar-refractivity contribution in [2.45, 2.75) is 50.6 Å². The molecule has 1 aliphatic heterocycles. The van der Waals surface area contributed by atoms with Crippen LogP contribution in [0, 0.1) is 5.92 Å². The SMILES string of the molecule is O=C(N1C[C@@H](OCC2CC2)CC[C@@H]1Cc1ccccc1)n1ncc(-c2ccc(OC(F)(F)F)cc2)n1. The van der Waals surface area contributed by atoms with E-state index in [1.165, 1.54) is 43.3 Å². The van der Waals surface area contributed by atoms with E-state index < -0.39 is 6.36 Å². The normalized spacial score (nSPS) is 20.4. The molecule has 0 N–H and O–H groups in total. The number of alkyl halides is 3. The summed E-state index contributed by atoms with van der Waals surface area (Å²) in [6.07, 6.45) is 1.46. The fraction of sp³-hybridized carbons (Fsp3) is 0.423. The molecule has 1 saturated carbocycles. The predicted octanol–water partition coefficient (Wildman–Crippen LogP) is 5.31. The molecule has 1 aliphatic carbocycles. The first kappa shape index (κ1) is 24.3. The number of hydrogen-bond donors (Lipinski definition) is 0. The van der Waals surface area contributed by atoms with Crippen molar-refractivity contribution in [3.8, 4) is 17.0 Å². The molecule has 7 nitrogen and oxygen atoms in total. The van der Waals surface area contributed by atoms with E-state index in [1.807, 2.05) is 18.2 Å². The first-order valence-electron chi connectivity index (χ1n) is 12.1. The van der Waals surface area contributed by atoms with Crippen molar-refractivity contribution in [1.82, 2.24) is 19.9 Å². The van der Waals surface area contributed by atoms with Crippen LogP contribution in [0.3, 0.4) is 0 Å². The maximum absolute atomic E-state index is 13.5. The summed E-state index contributed by atoms with van der Waals surface area (Å²) in [6, 6.07) is 15.0. The third kappa shape index (κ3) is 6.23. The molecule has 0 radical (unpaired) electrons. The lowest BCUT2D eigenvalue weighted by atomic mass is 9.94. The van der Waals surface area contributed by atoms with Crippen molar-refractivity contribution in [2.75, 3.05) is 13.2 Å². The summed E-state index contributed by atoms with van der Waals surface area (Å²) in [6.45, 7) is 1.19. The molecule has 36 heavy (non-hydrogen) atoms. The summed E-state index contributed by atoms with van der Waals surface area (Å²) in [5, 5.41) is 8.48. The van der Waals surface area contributed by atoms with E-state index in [9.17, 15) is 18.0 Å². The van der Waals surface area contributed by atoms with Crippen molar-refractivity contribution in [2.24, 2.45) is 5.92 Å². The minimum Gasteiger partial charge on any atom is -0.406 e. The van der Waals surface area contributed by atoms with Gasteiger partial charge in [-0.05, 0) is 67.9 Å². The Kier molecular flexibility index (Phi) is 6.95. The number of amides is 1. The molecule has 1 aromatic heterocycles. The zero-order chi connectivity index (χ0) is 25.1. The molecule has 1 amide bonds. The Morgan fingerprint density at radius 2 is 1.75 bits per heavy atom. The molecule has 5 rings (SSSR count). The summed E-state index contributed by atoms with van der Waals surface area (Å²) in [4.78, 5) is 16.4. The van der Waals surface area contributed by atoms with Gasteiger partial charge in [0.2, 0.25) is 0 Å². The average Bonchev–Trinajstić information content (AvgIpc) is 3.57. The molecule has 2 aliphatic rings. The minimum atomic E-state index is -4.76. The van der Waals surface area contributed by atoms with Crippen LogP contribution in [0.25, 0.3) is 11.3 Å². The lowest BCUT2D eigenvalue weighted by molar-refractivity contribution is -0.274. The molecule has 2 heterocycles. The third-order valence-corrected chi connectivity index (χ3v) is 6.53. The zero-order valence-corrected chi connectivity index (χ0v) is 19.6. The van der Waals surface area contributed by atoms with E-state index in [2.05, 4.69) is 27.1 Å². The van der Waals surface area contributed by atoms with Crippen LogP contribution in [-0.4, -0.2) is 57.6 Å². The number of likely N-dealkylation sites (tertiary alicyclic amines) is 1. The van der Waals surface area contributed by atoms with Gasteiger partial charge in [-0.2, -0.15) is 5.10 Å². The van der Waals surface area contributed by atoms with Crippen LogP contribution in [0.5, 0.6) is 5.75 Å². The smallest absolute Gasteiger partial charge is 0.406 e. The number of nitrogens with zero attached hydrogens (tertiary/aromatic N) is 4. The molecule has 0 bridgehead atoms. The molecular weight excluding hydrogens is 473 g/mol. The molecule has 10 heteroatoms. The van der Waals surface area contributed by atoms with Gasteiger partial charge in [-0.15, -0.1) is 18.3 Å². The Morgan fingerprint density at radius 3 is 2.44 bits per heavy atom. The monoisotopic (exact) mass is 500 g/mol. The van der Waals surface area contributed by atoms with Gasteiger partial charge in [0.05, 0.1) is 12.3 Å². The van der Waals surface area contributed by atoms with E-state index in [1.54, 1.807) is 4.90 Å². The largest absolute Gasteiger partial charge is 0.573 e. The Balaban J connectivity index is 1.31. The van der Waals surface area contributed by atoms with E-state index in [0.717, 1.165) is 36.2 Å². The van der Waals surface area contributed by atoms with Crippen LogP contribution in [0.2, 0.25) is 0 Å². The molecule has 3 aromatic rings. The third-order valence-electron chi connectivity index (χ3n) is 6.53. The van der Waals surface area contributed by atoms with Crippen LogP contribution >= 0.6 is 0 Å². The van der Waals surface area contributed by atoms with Crippen LogP contribution in [-0.2, 0) is 11.2 Å². The average molecular weight is 501 g/mol. The van der Waals surface area contributed by atoms with Gasteiger partial charge >= 0.3 is 12.4 Å². The number of benzene rings is 2. The second kappa shape index (κ2) is 10.3. The summed E-state index contributed by atoms with van der Waals surface area (Å²) >= 11 is 0. The molecule has 1 saturated heterocycles.